The van der Waals surface area contributed by atoms with Crippen molar-refractivity contribution < 1.29 is 9.53 Å². The lowest BCUT2D eigenvalue weighted by Crippen LogP contribution is -2.41. The molecule has 1 aromatic heterocycles. The zero-order valence-corrected chi connectivity index (χ0v) is 23.3. The number of hydrogen-bond acceptors (Lipinski definition) is 3. The van der Waals surface area contributed by atoms with Gasteiger partial charge in [0.2, 0.25) is 0 Å². The molecular weight excluding hydrogens is 508 g/mol. The molecule has 7 rings (SSSR count). The number of carbonyl (C=O) groups excluding carboxylic acids is 1. The molecule has 1 unspecified atom stereocenters. The van der Waals surface area contributed by atoms with Gasteiger partial charge in [-0.2, -0.15) is 0 Å². The van der Waals surface area contributed by atoms with Crippen LogP contribution in [0, 0.1) is 13.8 Å². The fourth-order valence-corrected chi connectivity index (χ4v) is 6.48. The summed E-state index contributed by atoms with van der Waals surface area (Å²) in [7, 11) is 0. The van der Waals surface area contributed by atoms with Crippen LogP contribution in [0.25, 0.3) is 0 Å². The highest BCUT2D eigenvalue weighted by Gasteiger charge is 2.44. The average molecular weight is 541 g/mol. The minimum absolute atomic E-state index is 0.000425. The summed E-state index contributed by atoms with van der Waals surface area (Å²) in [5, 5.41) is 0. The summed E-state index contributed by atoms with van der Waals surface area (Å²) in [4.78, 5) is 22.5. The highest BCUT2D eigenvalue weighted by Crippen LogP contribution is 2.42. The van der Waals surface area contributed by atoms with Gasteiger partial charge in [-0.25, -0.2) is 9.78 Å². The van der Waals surface area contributed by atoms with E-state index in [0.29, 0.717) is 19.7 Å². The molecule has 204 valence electrons. The third-order valence-corrected chi connectivity index (χ3v) is 8.46. The minimum atomic E-state index is -0.643. The number of carbonyl (C=O) groups is 1. The van der Waals surface area contributed by atoms with Gasteiger partial charge >= 0.3 is 6.03 Å². The predicted molar refractivity (Wildman–Crippen MR) is 160 cm³/mol. The fourth-order valence-electron chi connectivity index (χ4n) is 6.48. The predicted octanol–water partition coefficient (Wildman–Crippen LogP) is 6.54. The van der Waals surface area contributed by atoms with E-state index in [0.717, 1.165) is 45.1 Å². The van der Waals surface area contributed by atoms with Crippen molar-refractivity contribution in [2.45, 2.75) is 32.0 Å². The Labute approximate surface area is 240 Å². The number of benzene rings is 4. The highest BCUT2D eigenvalue weighted by atomic mass is 16.5. The van der Waals surface area contributed by atoms with E-state index in [-0.39, 0.29) is 12.1 Å². The number of urea groups is 1. The lowest BCUT2D eigenvalue weighted by atomic mass is 9.76. The largest absolute Gasteiger partial charge is 0.489 e. The van der Waals surface area contributed by atoms with E-state index in [4.69, 9.17) is 9.72 Å². The number of imidazole rings is 1. The Hall–Kier alpha value is -4.84. The number of ether oxygens (including phenoxy) is 1. The lowest BCUT2D eigenvalue weighted by Gasteiger charge is -2.38. The molecule has 0 bridgehead atoms. The molecule has 4 aromatic carbocycles. The molecular formula is C35H32N4O2. The molecule has 1 fully saturated rings. The molecule has 1 saturated heterocycles. The normalized spacial score (nSPS) is 16.3. The second kappa shape index (κ2) is 9.97. The van der Waals surface area contributed by atoms with E-state index in [1.807, 2.05) is 59.4 Å². The van der Waals surface area contributed by atoms with Crippen LogP contribution in [-0.4, -0.2) is 39.7 Å². The van der Waals surface area contributed by atoms with Crippen molar-refractivity contribution in [1.29, 1.82) is 0 Å². The van der Waals surface area contributed by atoms with Crippen molar-refractivity contribution in [2.24, 2.45) is 0 Å². The molecule has 6 heteroatoms. The van der Waals surface area contributed by atoms with Gasteiger partial charge in [0.05, 0.1) is 30.3 Å². The van der Waals surface area contributed by atoms with Crippen LogP contribution in [0.4, 0.5) is 10.5 Å². The maximum absolute atomic E-state index is 13.8. The molecule has 2 aliphatic rings. The van der Waals surface area contributed by atoms with Gasteiger partial charge in [0.25, 0.3) is 0 Å². The Morgan fingerprint density at radius 1 is 0.829 bits per heavy atom. The molecule has 0 spiro atoms. The third-order valence-electron chi connectivity index (χ3n) is 8.46. The number of amides is 2. The highest BCUT2D eigenvalue weighted by molar-refractivity contribution is 5.97. The van der Waals surface area contributed by atoms with Crippen LogP contribution in [0.1, 0.15) is 33.6 Å². The van der Waals surface area contributed by atoms with Crippen molar-refractivity contribution in [1.82, 2.24) is 14.5 Å². The monoisotopic (exact) mass is 540 g/mol. The van der Waals surface area contributed by atoms with Crippen molar-refractivity contribution in [2.75, 3.05) is 18.1 Å². The number of fused-ring (bicyclic) bond motifs is 3. The third kappa shape index (κ3) is 4.01. The van der Waals surface area contributed by atoms with E-state index < -0.39 is 5.54 Å². The van der Waals surface area contributed by atoms with Gasteiger partial charge in [-0.15, -0.1) is 0 Å². The molecule has 3 heterocycles. The smallest absolute Gasteiger partial charge is 0.325 e. The van der Waals surface area contributed by atoms with Crippen molar-refractivity contribution in [3.8, 4) is 5.75 Å². The van der Waals surface area contributed by atoms with Crippen LogP contribution in [0.2, 0.25) is 0 Å². The standard InChI is InChI=1S/C35H32N4O2/c1-25-18-19-33-32(20-25)39-30(23-41-33)21-37(34(39)40)22-31-26(2)38(24-36-31)35(27-12-6-3-7-13-27,28-14-8-4-9-15-28)29-16-10-5-11-17-29/h3-20,24,30H,21-23H2,1-2H3. The van der Waals surface area contributed by atoms with Gasteiger partial charge in [-0.05, 0) is 48.2 Å². The molecule has 5 aromatic rings. The summed E-state index contributed by atoms with van der Waals surface area (Å²) in [5.41, 5.74) is 6.65. The van der Waals surface area contributed by atoms with Crippen LogP contribution in [-0.2, 0) is 12.1 Å². The second-order valence-corrected chi connectivity index (χ2v) is 10.9. The van der Waals surface area contributed by atoms with Crippen molar-refractivity contribution in [3.05, 3.63) is 149 Å². The topological polar surface area (TPSA) is 50.6 Å². The van der Waals surface area contributed by atoms with E-state index >= 15 is 0 Å². The van der Waals surface area contributed by atoms with Crippen LogP contribution in [0.5, 0.6) is 5.75 Å². The Morgan fingerprint density at radius 2 is 1.41 bits per heavy atom. The maximum Gasteiger partial charge on any atom is 0.325 e. The number of hydrogen-bond donors (Lipinski definition) is 0. The molecule has 2 amide bonds. The van der Waals surface area contributed by atoms with E-state index in [2.05, 4.69) is 84.3 Å². The zero-order valence-electron chi connectivity index (χ0n) is 23.3. The molecule has 0 aliphatic carbocycles. The number of rotatable bonds is 6. The van der Waals surface area contributed by atoms with Crippen molar-refractivity contribution >= 4 is 11.7 Å². The summed E-state index contributed by atoms with van der Waals surface area (Å²) in [5.74, 6) is 0.765. The van der Waals surface area contributed by atoms with E-state index in [1.165, 1.54) is 0 Å². The minimum Gasteiger partial charge on any atom is -0.489 e. The Morgan fingerprint density at radius 3 is 2.00 bits per heavy atom. The van der Waals surface area contributed by atoms with Crippen LogP contribution in [0.3, 0.4) is 0 Å². The first-order valence-corrected chi connectivity index (χ1v) is 14.1. The number of aromatic nitrogens is 2. The van der Waals surface area contributed by atoms with Gasteiger partial charge in [0.15, 0.2) is 0 Å². The van der Waals surface area contributed by atoms with Gasteiger partial charge < -0.3 is 14.2 Å². The molecule has 2 aliphatic heterocycles. The van der Waals surface area contributed by atoms with Crippen LogP contribution in [0.15, 0.2) is 116 Å². The number of aryl methyl sites for hydroxylation is 1. The SMILES string of the molecule is Cc1ccc2c(c1)N1C(=O)N(Cc3ncn(C(c4ccccc4)(c4ccccc4)c4ccccc4)c3C)CC1CO2. The van der Waals surface area contributed by atoms with Crippen molar-refractivity contribution in [3.63, 3.8) is 0 Å². The summed E-state index contributed by atoms with van der Waals surface area (Å²) in [6.45, 7) is 5.67. The van der Waals surface area contributed by atoms with Gasteiger partial charge in [0.1, 0.15) is 17.9 Å². The Bertz CT molecular complexity index is 1600. The maximum atomic E-state index is 13.8. The lowest BCUT2D eigenvalue weighted by molar-refractivity contribution is 0.217. The quantitative estimate of drug-likeness (QED) is 0.230. The van der Waals surface area contributed by atoms with Gasteiger partial charge in [0, 0.05) is 12.2 Å². The summed E-state index contributed by atoms with van der Waals surface area (Å²) >= 11 is 0. The summed E-state index contributed by atoms with van der Waals surface area (Å²) < 4.78 is 8.29. The van der Waals surface area contributed by atoms with E-state index in [1.54, 1.807) is 0 Å². The fraction of sp³-hybridized carbons (Fsp3) is 0.200. The molecule has 0 N–H and O–H groups in total. The first-order chi connectivity index (χ1) is 20.1. The molecule has 1 atom stereocenters. The second-order valence-electron chi connectivity index (χ2n) is 10.9. The molecule has 41 heavy (non-hydrogen) atoms. The molecule has 0 radical (unpaired) electrons. The van der Waals surface area contributed by atoms with Crippen LogP contribution >= 0.6 is 0 Å². The van der Waals surface area contributed by atoms with Gasteiger partial charge in [-0.1, -0.05) is 97.1 Å². The molecule has 6 nitrogen and oxygen atoms in total. The van der Waals surface area contributed by atoms with E-state index in [9.17, 15) is 4.79 Å². The number of nitrogens with zero attached hydrogens (tertiary/aromatic N) is 4. The van der Waals surface area contributed by atoms with Gasteiger partial charge in [-0.3, -0.25) is 4.90 Å². The first-order valence-electron chi connectivity index (χ1n) is 14.1. The first kappa shape index (κ1) is 25.1. The summed E-state index contributed by atoms with van der Waals surface area (Å²) in [6.07, 6.45) is 1.94. The summed E-state index contributed by atoms with van der Waals surface area (Å²) in [6, 6.07) is 37.8. The van der Waals surface area contributed by atoms with Crippen LogP contribution < -0.4 is 9.64 Å². The molecule has 0 saturated carbocycles. The number of anilines is 1. The average Bonchev–Trinajstić information content (AvgIpc) is 3.54. The Balaban J connectivity index is 1.31. The zero-order chi connectivity index (χ0) is 28.0. The Kier molecular flexibility index (Phi) is 6.11.